The number of aromatic nitrogens is 2. The van der Waals surface area contributed by atoms with Crippen LogP contribution in [0.5, 0.6) is 17.2 Å². The Bertz CT molecular complexity index is 1700. The first-order chi connectivity index (χ1) is 16.0. The van der Waals surface area contributed by atoms with Gasteiger partial charge in [-0.05, 0) is 53.9 Å². The number of nitrogens with zero attached hydrogens (tertiary/aromatic N) is 1. The topological polar surface area (TPSA) is 80.5 Å². The van der Waals surface area contributed by atoms with Crippen molar-refractivity contribution in [2.45, 2.75) is 13.8 Å². The van der Waals surface area contributed by atoms with Crippen LogP contribution in [0, 0.1) is 13.8 Å². The number of ether oxygens (including phenoxy) is 2. The Morgan fingerprint density at radius 3 is 2.33 bits per heavy atom. The van der Waals surface area contributed by atoms with Crippen LogP contribution in [0.25, 0.3) is 54.9 Å². The molecule has 164 valence electrons. The van der Waals surface area contributed by atoms with Crippen molar-refractivity contribution in [2.75, 3.05) is 14.2 Å². The number of fused-ring (bicyclic) bond motifs is 8. The van der Waals surface area contributed by atoms with Crippen molar-refractivity contribution < 1.29 is 19.0 Å². The van der Waals surface area contributed by atoms with Gasteiger partial charge in [0, 0.05) is 21.7 Å². The average Bonchev–Trinajstić information content (AvgIpc) is 3.43. The second-order valence-electron chi connectivity index (χ2n) is 8.32. The number of imidazole rings is 1. The predicted molar refractivity (Wildman–Crippen MR) is 131 cm³/mol. The molecule has 2 heterocycles. The minimum atomic E-state index is -0.0418. The third-order valence-corrected chi connectivity index (χ3v) is 6.44. The summed E-state index contributed by atoms with van der Waals surface area (Å²) in [6.07, 6.45) is 1.79. The molecule has 6 aromatic rings. The standard InChI is InChI=1S/C27H22N2O4/c1-13-6-5-7-17-16(13)8-9-18-22(17)24-23(21-14(2)12-33-26(18)21)28-27(29-24)15-10-19(31-3)25(30)20(11-15)32-4/h5-12,30H,1-4H3,(H,28,29). The molecule has 0 aliphatic rings. The Kier molecular flexibility index (Phi) is 4.08. The maximum atomic E-state index is 10.3. The largest absolute Gasteiger partial charge is 0.502 e. The van der Waals surface area contributed by atoms with E-state index in [-0.39, 0.29) is 5.75 Å². The van der Waals surface area contributed by atoms with E-state index in [0.717, 1.165) is 49.3 Å². The monoisotopic (exact) mass is 438 g/mol. The summed E-state index contributed by atoms with van der Waals surface area (Å²) in [5.74, 6) is 1.25. The van der Waals surface area contributed by atoms with Crippen molar-refractivity contribution in [1.82, 2.24) is 9.97 Å². The maximum absolute atomic E-state index is 10.3. The zero-order chi connectivity index (χ0) is 22.9. The molecule has 0 radical (unpaired) electrons. The highest BCUT2D eigenvalue weighted by molar-refractivity contribution is 6.29. The van der Waals surface area contributed by atoms with Crippen LogP contribution in [0.4, 0.5) is 0 Å². The first-order valence-electron chi connectivity index (χ1n) is 10.7. The molecular formula is C27H22N2O4. The van der Waals surface area contributed by atoms with E-state index in [1.807, 2.05) is 6.92 Å². The van der Waals surface area contributed by atoms with Crippen molar-refractivity contribution in [1.29, 1.82) is 0 Å². The predicted octanol–water partition coefficient (Wildman–Crippen LogP) is 6.62. The van der Waals surface area contributed by atoms with Gasteiger partial charge in [0.05, 0.1) is 31.5 Å². The lowest BCUT2D eigenvalue weighted by molar-refractivity contribution is 0.340. The lowest BCUT2D eigenvalue weighted by Crippen LogP contribution is -1.91. The minimum absolute atomic E-state index is 0.0418. The van der Waals surface area contributed by atoms with Gasteiger partial charge in [-0.15, -0.1) is 0 Å². The summed E-state index contributed by atoms with van der Waals surface area (Å²) in [7, 11) is 3.02. The summed E-state index contributed by atoms with van der Waals surface area (Å²) in [6, 6.07) is 14.1. The number of nitrogens with one attached hydrogen (secondary N) is 1. The molecule has 0 fully saturated rings. The van der Waals surface area contributed by atoms with E-state index in [1.165, 1.54) is 25.2 Å². The Morgan fingerprint density at radius 1 is 0.879 bits per heavy atom. The van der Waals surface area contributed by atoms with Gasteiger partial charge in [-0.25, -0.2) is 4.98 Å². The second-order valence-corrected chi connectivity index (χ2v) is 8.32. The van der Waals surface area contributed by atoms with Gasteiger partial charge >= 0.3 is 0 Å². The van der Waals surface area contributed by atoms with E-state index in [9.17, 15) is 5.11 Å². The fraction of sp³-hybridized carbons (Fsp3) is 0.148. The lowest BCUT2D eigenvalue weighted by Gasteiger charge is -2.10. The summed E-state index contributed by atoms with van der Waals surface area (Å²) >= 11 is 0. The minimum Gasteiger partial charge on any atom is -0.502 e. The van der Waals surface area contributed by atoms with Gasteiger partial charge in [-0.3, -0.25) is 0 Å². The highest BCUT2D eigenvalue weighted by Gasteiger charge is 2.21. The van der Waals surface area contributed by atoms with E-state index in [0.29, 0.717) is 17.3 Å². The number of hydrogen-bond acceptors (Lipinski definition) is 5. The van der Waals surface area contributed by atoms with Crippen molar-refractivity contribution in [3.05, 3.63) is 59.9 Å². The third kappa shape index (κ3) is 2.64. The fourth-order valence-corrected chi connectivity index (χ4v) is 4.81. The molecule has 0 saturated carbocycles. The Hall–Kier alpha value is -4.19. The molecule has 0 spiro atoms. The molecular weight excluding hydrogens is 416 g/mol. The number of rotatable bonds is 3. The van der Waals surface area contributed by atoms with Crippen LogP contribution in [-0.4, -0.2) is 29.3 Å². The number of aromatic hydroxyl groups is 1. The van der Waals surface area contributed by atoms with E-state index >= 15 is 0 Å². The molecule has 2 aromatic heterocycles. The number of methoxy groups -OCH3 is 2. The van der Waals surface area contributed by atoms with Crippen LogP contribution in [0.3, 0.4) is 0 Å². The number of H-pyrrole nitrogens is 1. The van der Waals surface area contributed by atoms with E-state index in [1.54, 1.807) is 18.4 Å². The Balaban J connectivity index is 1.79. The number of phenolic OH excluding ortho intramolecular Hbond substituents is 1. The van der Waals surface area contributed by atoms with Gasteiger partial charge in [-0.1, -0.05) is 24.3 Å². The molecule has 0 aliphatic heterocycles. The Labute approximate surface area is 189 Å². The Morgan fingerprint density at radius 2 is 1.61 bits per heavy atom. The van der Waals surface area contributed by atoms with E-state index in [2.05, 4.69) is 42.2 Å². The number of benzene rings is 4. The number of aromatic amines is 1. The van der Waals surface area contributed by atoms with E-state index < -0.39 is 0 Å². The van der Waals surface area contributed by atoms with Crippen molar-refractivity contribution >= 4 is 43.5 Å². The molecule has 0 amide bonds. The van der Waals surface area contributed by atoms with Gasteiger partial charge in [0.25, 0.3) is 0 Å². The van der Waals surface area contributed by atoms with E-state index in [4.69, 9.17) is 18.9 Å². The summed E-state index contributed by atoms with van der Waals surface area (Å²) in [6.45, 7) is 4.15. The van der Waals surface area contributed by atoms with Crippen LogP contribution in [0.1, 0.15) is 11.1 Å². The molecule has 0 aliphatic carbocycles. The summed E-state index contributed by atoms with van der Waals surface area (Å²) in [4.78, 5) is 8.56. The van der Waals surface area contributed by atoms with Crippen LogP contribution in [0.15, 0.2) is 53.1 Å². The first kappa shape index (κ1) is 19.5. The number of aryl methyl sites for hydroxylation is 2. The molecule has 33 heavy (non-hydrogen) atoms. The van der Waals surface area contributed by atoms with Crippen molar-refractivity contribution in [2.24, 2.45) is 0 Å². The zero-order valence-electron chi connectivity index (χ0n) is 18.7. The van der Waals surface area contributed by atoms with Crippen LogP contribution in [-0.2, 0) is 0 Å². The molecule has 0 unspecified atom stereocenters. The van der Waals surface area contributed by atoms with Gasteiger partial charge in [0.2, 0.25) is 5.75 Å². The van der Waals surface area contributed by atoms with Gasteiger partial charge in [-0.2, -0.15) is 0 Å². The van der Waals surface area contributed by atoms with Crippen LogP contribution >= 0.6 is 0 Å². The quantitative estimate of drug-likeness (QED) is 0.303. The maximum Gasteiger partial charge on any atom is 0.200 e. The van der Waals surface area contributed by atoms with Crippen LogP contribution in [0.2, 0.25) is 0 Å². The molecule has 6 nitrogen and oxygen atoms in total. The number of phenols is 1. The van der Waals surface area contributed by atoms with Crippen molar-refractivity contribution in [3.8, 4) is 28.6 Å². The molecule has 2 N–H and O–H groups in total. The summed E-state index contributed by atoms with van der Waals surface area (Å²) in [5.41, 5.74) is 5.63. The number of furan rings is 1. The molecule has 4 aromatic carbocycles. The average molecular weight is 438 g/mol. The SMILES string of the molecule is COc1cc(-c2nc3c([nH]2)c2c(C)coc2c2ccc4c(C)cccc4c23)cc(OC)c1O. The molecule has 0 bridgehead atoms. The fourth-order valence-electron chi connectivity index (χ4n) is 4.81. The summed E-state index contributed by atoms with van der Waals surface area (Å²) < 4.78 is 16.7. The molecule has 6 rings (SSSR count). The number of hydrogen-bond donors (Lipinski definition) is 2. The second kappa shape index (κ2) is 6.90. The highest BCUT2D eigenvalue weighted by Crippen LogP contribution is 2.43. The van der Waals surface area contributed by atoms with Gasteiger partial charge in [0.15, 0.2) is 11.5 Å². The first-order valence-corrected chi connectivity index (χ1v) is 10.7. The lowest BCUT2D eigenvalue weighted by atomic mass is 9.96. The van der Waals surface area contributed by atoms with Gasteiger partial charge < -0.3 is 24.0 Å². The van der Waals surface area contributed by atoms with Gasteiger partial charge in [0.1, 0.15) is 11.4 Å². The molecule has 0 atom stereocenters. The normalized spacial score (nSPS) is 11.8. The molecule has 6 heteroatoms. The third-order valence-electron chi connectivity index (χ3n) is 6.44. The highest BCUT2D eigenvalue weighted by atomic mass is 16.5. The molecule has 0 saturated heterocycles. The van der Waals surface area contributed by atoms with Crippen molar-refractivity contribution in [3.63, 3.8) is 0 Å². The zero-order valence-corrected chi connectivity index (χ0v) is 18.7. The summed E-state index contributed by atoms with van der Waals surface area (Å²) in [5, 5.41) is 15.8. The van der Waals surface area contributed by atoms with Crippen LogP contribution < -0.4 is 9.47 Å². The smallest absolute Gasteiger partial charge is 0.200 e.